The Hall–Kier alpha value is -3.37. The van der Waals surface area contributed by atoms with E-state index in [4.69, 9.17) is 18.7 Å². The van der Waals surface area contributed by atoms with Crippen LogP contribution in [-0.4, -0.2) is 44.0 Å². The van der Waals surface area contributed by atoms with Crippen LogP contribution in [0.4, 0.5) is 8.78 Å². The number of carbonyl (C=O) groups excluding carboxylic acids is 2. The first-order valence-corrected chi connectivity index (χ1v) is 7.97. The van der Waals surface area contributed by atoms with Crippen molar-refractivity contribution in [2.24, 2.45) is 0 Å². The lowest BCUT2D eigenvalue weighted by Crippen LogP contribution is -2.29. The molecule has 1 aromatic heterocycles. The van der Waals surface area contributed by atoms with Crippen LogP contribution in [0, 0.1) is 6.92 Å². The molecule has 2 aromatic rings. The first-order valence-electron chi connectivity index (χ1n) is 7.97. The van der Waals surface area contributed by atoms with E-state index in [9.17, 15) is 18.4 Å². The Morgan fingerprint density at radius 3 is 2.64 bits per heavy atom. The van der Waals surface area contributed by atoms with Crippen LogP contribution in [0.5, 0.6) is 17.4 Å². The summed E-state index contributed by atoms with van der Waals surface area (Å²) < 4.78 is 48.4. The number of methoxy groups -OCH3 is 1. The molecule has 2 rings (SSSR count). The minimum absolute atomic E-state index is 0.0659. The molecule has 1 N–H and O–H groups in total. The number of carbonyl (C=O) groups is 2. The minimum atomic E-state index is -2.98. The number of nitrogens with one attached hydrogen (secondary N) is 1. The van der Waals surface area contributed by atoms with E-state index >= 15 is 0 Å². The van der Waals surface area contributed by atoms with Gasteiger partial charge >= 0.3 is 12.6 Å². The maximum Gasteiger partial charge on any atom is 0.387 e. The second kappa shape index (κ2) is 10.1. The average Bonchev–Trinajstić information content (AvgIpc) is 3.08. The second-order valence-corrected chi connectivity index (χ2v) is 5.37. The quantitative estimate of drug-likeness (QED) is 0.602. The molecule has 9 nitrogen and oxygen atoms in total. The van der Waals surface area contributed by atoms with Gasteiger partial charge in [-0.15, -0.1) is 0 Å². The fourth-order valence-electron chi connectivity index (χ4n) is 2.00. The fourth-order valence-corrected chi connectivity index (χ4v) is 2.00. The van der Waals surface area contributed by atoms with Gasteiger partial charge in [0.2, 0.25) is 0 Å². The average molecular weight is 400 g/mol. The van der Waals surface area contributed by atoms with E-state index in [0.717, 1.165) is 0 Å². The van der Waals surface area contributed by atoms with Gasteiger partial charge in [-0.05, 0) is 29.8 Å². The number of nitrogens with zero attached hydrogens (tertiary/aromatic N) is 1. The monoisotopic (exact) mass is 400 g/mol. The molecule has 1 amide bonds. The Morgan fingerprint density at radius 2 is 2.00 bits per heavy atom. The maximum absolute atomic E-state index is 12.3. The molecular weight excluding hydrogens is 382 g/mol. The number of esters is 1. The van der Waals surface area contributed by atoms with Crippen molar-refractivity contribution in [2.45, 2.75) is 20.1 Å². The molecule has 0 aliphatic heterocycles. The van der Waals surface area contributed by atoms with Gasteiger partial charge in [-0.1, -0.05) is 6.07 Å². The summed E-state index contributed by atoms with van der Waals surface area (Å²) in [6, 6.07) is 5.72. The van der Waals surface area contributed by atoms with Gasteiger partial charge in [-0.3, -0.25) is 4.79 Å². The lowest BCUT2D eigenvalue weighted by atomic mass is 10.2. The van der Waals surface area contributed by atoms with Crippen molar-refractivity contribution < 1.29 is 41.8 Å². The van der Waals surface area contributed by atoms with Gasteiger partial charge in [-0.2, -0.15) is 8.78 Å². The highest BCUT2D eigenvalue weighted by atomic mass is 19.3. The van der Waals surface area contributed by atoms with Crippen LogP contribution in [0.15, 0.2) is 28.8 Å². The number of aryl methyl sites for hydroxylation is 1. The van der Waals surface area contributed by atoms with Gasteiger partial charge in [0.15, 0.2) is 24.7 Å². The van der Waals surface area contributed by atoms with Crippen LogP contribution in [0.1, 0.15) is 11.3 Å². The Morgan fingerprint density at radius 1 is 1.21 bits per heavy atom. The van der Waals surface area contributed by atoms with Gasteiger partial charge in [0, 0.05) is 12.6 Å². The summed E-state index contributed by atoms with van der Waals surface area (Å²) in [4.78, 5) is 23.3. The molecular formula is C17H18F2N2O7. The Balaban J connectivity index is 1.73. The van der Waals surface area contributed by atoms with Crippen LogP contribution in [-0.2, 0) is 20.9 Å². The van der Waals surface area contributed by atoms with Gasteiger partial charge in [-0.25, -0.2) is 4.79 Å². The molecule has 0 aliphatic rings. The number of alkyl halides is 2. The third kappa shape index (κ3) is 6.74. The Bertz CT molecular complexity index is 811. The predicted molar refractivity (Wildman–Crippen MR) is 89.2 cm³/mol. The number of hydrogen-bond acceptors (Lipinski definition) is 8. The lowest BCUT2D eigenvalue weighted by Gasteiger charge is -2.12. The number of rotatable bonds is 10. The number of hydrogen-bond donors (Lipinski definition) is 1. The minimum Gasteiger partial charge on any atom is -0.493 e. The van der Waals surface area contributed by atoms with Crippen molar-refractivity contribution >= 4 is 11.9 Å². The summed E-state index contributed by atoms with van der Waals surface area (Å²) in [5.41, 5.74) is 0.572. The summed E-state index contributed by atoms with van der Waals surface area (Å²) in [6.45, 7) is -2.19. The highest BCUT2D eigenvalue weighted by molar-refractivity contribution is 5.80. The Kier molecular flexibility index (Phi) is 7.55. The zero-order valence-corrected chi connectivity index (χ0v) is 15.1. The maximum atomic E-state index is 12.3. The van der Waals surface area contributed by atoms with E-state index in [-0.39, 0.29) is 23.9 Å². The lowest BCUT2D eigenvalue weighted by molar-refractivity contribution is -0.150. The molecule has 0 fully saturated rings. The van der Waals surface area contributed by atoms with Crippen molar-refractivity contribution in [1.82, 2.24) is 10.5 Å². The van der Waals surface area contributed by atoms with Crippen molar-refractivity contribution in [2.75, 3.05) is 20.3 Å². The van der Waals surface area contributed by atoms with E-state index in [1.54, 1.807) is 6.92 Å². The molecule has 0 aliphatic carbocycles. The molecule has 28 heavy (non-hydrogen) atoms. The molecule has 0 saturated carbocycles. The van der Waals surface area contributed by atoms with Crippen LogP contribution in [0.2, 0.25) is 0 Å². The SMILES string of the molecule is COc1cc(CNC(=O)COC(=O)COc2cc(C)on2)ccc1OC(F)F. The normalized spacial score (nSPS) is 10.5. The molecule has 0 spiro atoms. The smallest absolute Gasteiger partial charge is 0.387 e. The van der Waals surface area contributed by atoms with E-state index < -0.39 is 31.7 Å². The summed E-state index contributed by atoms with van der Waals surface area (Å²) in [7, 11) is 1.30. The third-order valence-corrected chi connectivity index (χ3v) is 3.24. The van der Waals surface area contributed by atoms with Gasteiger partial charge < -0.3 is 28.8 Å². The first-order chi connectivity index (χ1) is 13.4. The van der Waals surface area contributed by atoms with Gasteiger partial charge in [0.1, 0.15) is 5.76 Å². The van der Waals surface area contributed by atoms with Crippen LogP contribution < -0.4 is 19.5 Å². The number of halogens is 2. The second-order valence-electron chi connectivity index (χ2n) is 5.37. The standard InChI is InChI=1S/C17H18F2N2O7/c1-10-5-15(21-28-10)25-9-16(23)26-8-14(22)20-7-11-3-4-12(27-17(18)19)13(6-11)24-2/h3-6,17H,7-9H2,1-2H3,(H,20,22). The number of benzene rings is 1. The molecule has 152 valence electrons. The van der Waals surface area contributed by atoms with Crippen molar-refractivity contribution in [3.8, 4) is 17.4 Å². The fraction of sp³-hybridized carbons (Fsp3) is 0.353. The first kappa shape index (κ1) is 20.9. The molecule has 1 heterocycles. The van der Waals surface area contributed by atoms with E-state index in [2.05, 4.69) is 15.2 Å². The van der Waals surface area contributed by atoms with Crippen molar-refractivity contribution in [3.05, 3.63) is 35.6 Å². The highest BCUT2D eigenvalue weighted by Crippen LogP contribution is 2.29. The molecule has 0 saturated heterocycles. The summed E-state index contributed by atoms with van der Waals surface area (Å²) in [6.07, 6.45) is 0. The topological polar surface area (TPSA) is 109 Å². The molecule has 0 atom stereocenters. The predicted octanol–water partition coefficient (Wildman–Crippen LogP) is 1.83. The van der Waals surface area contributed by atoms with Crippen molar-refractivity contribution in [1.29, 1.82) is 0 Å². The number of ether oxygens (including phenoxy) is 4. The molecule has 0 bridgehead atoms. The summed E-state index contributed by atoms with van der Waals surface area (Å²) >= 11 is 0. The van der Waals surface area contributed by atoms with E-state index in [1.165, 1.54) is 31.4 Å². The third-order valence-electron chi connectivity index (χ3n) is 3.24. The van der Waals surface area contributed by atoms with Gasteiger partial charge in [0.05, 0.1) is 7.11 Å². The molecule has 0 unspecified atom stereocenters. The van der Waals surface area contributed by atoms with Crippen LogP contribution in [0.3, 0.4) is 0 Å². The number of amides is 1. The highest BCUT2D eigenvalue weighted by Gasteiger charge is 2.13. The largest absolute Gasteiger partial charge is 0.493 e. The van der Waals surface area contributed by atoms with Gasteiger partial charge in [0.25, 0.3) is 11.8 Å². The van der Waals surface area contributed by atoms with Crippen LogP contribution in [0.25, 0.3) is 0 Å². The molecule has 11 heteroatoms. The van der Waals surface area contributed by atoms with Crippen molar-refractivity contribution in [3.63, 3.8) is 0 Å². The summed E-state index contributed by atoms with van der Waals surface area (Å²) in [5, 5.41) is 6.05. The summed E-state index contributed by atoms with van der Waals surface area (Å²) in [5.74, 6) is -0.689. The van der Waals surface area contributed by atoms with E-state index in [1.807, 2.05) is 0 Å². The molecule has 0 radical (unpaired) electrons. The molecule has 1 aromatic carbocycles. The Labute approximate surface area is 158 Å². The van der Waals surface area contributed by atoms with E-state index in [0.29, 0.717) is 11.3 Å². The zero-order valence-electron chi connectivity index (χ0n) is 15.1. The van der Waals surface area contributed by atoms with Crippen LogP contribution >= 0.6 is 0 Å². The number of aromatic nitrogens is 1. The zero-order chi connectivity index (χ0) is 20.5.